The summed E-state index contributed by atoms with van der Waals surface area (Å²) in [5, 5.41) is 0.683. The van der Waals surface area contributed by atoms with Crippen LogP contribution in [0.3, 0.4) is 0 Å². The van der Waals surface area contributed by atoms with Crippen LogP contribution in [0.15, 0.2) is 30.3 Å². The van der Waals surface area contributed by atoms with Crippen LogP contribution in [-0.4, -0.2) is 72.3 Å². The molecule has 2 saturated heterocycles. The van der Waals surface area contributed by atoms with Crippen LogP contribution in [0.25, 0.3) is 6.08 Å². The van der Waals surface area contributed by atoms with Crippen molar-refractivity contribution in [3.8, 4) is 0 Å². The van der Waals surface area contributed by atoms with E-state index in [4.69, 9.17) is 11.6 Å². The quantitative estimate of drug-likeness (QED) is 0.772. The van der Waals surface area contributed by atoms with Crippen molar-refractivity contribution in [2.45, 2.75) is 12.8 Å². The standard InChI is InChI=1S/C19H24ClN3O2/c20-17-6-3-16(4-7-17)5-8-18(24)23-13-11-21(12-14-23)15-19(25)22-9-1-2-10-22/h3-8H,1-2,9-15H2. The molecule has 0 radical (unpaired) electrons. The minimum absolute atomic E-state index is 0.0143. The molecule has 2 aliphatic rings. The number of rotatable bonds is 4. The van der Waals surface area contributed by atoms with Crippen LogP contribution in [0.5, 0.6) is 0 Å². The molecular weight excluding hydrogens is 338 g/mol. The van der Waals surface area contributed by atoms with Gasteiger partial charge in [-0.2, -0.15) is 0 Å². The van der Waals surface area contributed by atoms with E-state index in [-0.39, 0.29) is 11.8 Å². The molecule has 0 spiro atoms. The van der Waals surface area contributed by atoms with Crippen LogP contribution < -0.4 is 0 Å². The summed E-state index contributed by atoms with van der Waals surface area (Å²) in [5.74, 6) is 0.236. The highest BCUT2D eigenvalue weighted by atomic mass is 35.5. The summed E-state index contributed by atoms with van der Waals surface area (Å²) in [6.07, 6.45) is 5.65. The predicted octanol–water partition coefficient (Wildman–Crippen LogP) is 2.12. The average Bonchev–Trinajstić information content (AvgIpc) is 3.16. The van der Waals surface area contributed by atoms with E-state index in [0.29, 0.717) is 24.7 Å². The van der Waals surface area contributed by atoms with Crippen molar-refractivity contribution in [3.05, 3.63) is 40.9 Å². The summed E-state index contributed by atoms with van der Waals surface area (Å²) in [6.45, 7) is 5.09. The Morgan fingerprint density at radius 1 is 0.920 bits per heavy atom. The minimum Gasteiger partial charge on any atom is -0.342 e. The number of piperazine rings is 1. The Balaban J connectivity index is 1.44. The van der Waals surface area contributed by atoms with Crippen molar-refractivity contribution < 1.29 is 9.59 Å². The zero-order valence-electron chi connectivity index (χ0n) is 14.4. The molecule has 2 fully saturated rings. The molecule has 2 amide bonds. The second-order valence-corrected chi connectivity index (χ2v) is 7.01. The number of carbonyl (C=O) groups is 2. The zero-order chi connectivity index (χ0) is 17.6. The Labute approximate surface area is 153 Å². The fraction of sp³-hybridized carbons (Fsp3) is 0.474. The first-order valence-corrected chi connectivity index (χ1v) is 9.22. The van der Waals surface area contributed by atoms with Crippen molar-refractivity contribution in [2.75, 3.05) is 45.8 Å². The van der Waals surface area contributed by atoms with E-state index in [2.05, 4.69) is 4.90 Å². The van der Waals surface area contributed by atoms with Crippen molar-refractivity contribution in [1.29, 1.82) is 0 Å². The van der Waals surface area contributed by atoms with Crippen molar-refractivity contribution >= 4 is 29.5 Å². The van der Waals surface area contributed by atoms with E-state index in [1.807, 2.05) is 40.1 Å². The molecule has 6 heteroatoms. The number of nitrogens with zero attached hydrogens (tertiary/aromatic N) is 3. The van der Waals surface area contributed by atoms with E-state index < -0.39 is 0 Å². The third kappa shape index (κ3) is 5.06. The molecule has 0 bridgehead atoms. The summed E-state index contributed by atoms with van der Waals surface area (Å²) in [5.41, 5.74) is 0.951. The molecule has 1 aromatic carbocycles. The van der Waals surface area contributed by atoms with Gasteiger partial charge in [0.05, 0.1) is 6.54 Å². The Kier molecular flexibility index (Phi) is 6.10. The molecule has 0 atom stereocenters. The van der Waals surface area contributed by atoms with Gasteiger partial charge in [0.2, 0.25) is 11.8 Å². The van der Waals surface area contributed by atoms with Gasteiger partial charge < -0.3 is 9.80 Å². The second-order valence-electron chi connectivity index (χ2n) is 6.57. The zero-order valence-corrected chi connectivity index (χ0v) is 15.1. The van der Waals surface area contributed by atoms with Crippen molar-refractivity contribution in [1.82, 2.24) is 14.7 Å². The number of benzene rings is 1. The minimum atomic E-state index is 0.0143. The molecule has 2 heterocycles. The summed E-state index contributed by atoms with van der Waals surface area (Å²) >= 11 is 5.86. The summed E-state index contributed by atoms with van der Waals surface area (Å²) in [6, 6.07) is 7.38. The lowest BCUT2D eigenvalue weighted by Crippen LogP contribution is -2.51. The molecule has 134 valence electrons. The van der Waals surface area contributed by atoms with Gasteiger partial charge in [0.25, 0.3) is 0 Å². The fourth-order valence-electron chi connectivity index (χ4n) is 3.23. The first-order chi connectivity index (χ1) is 12.1. The molecule has 25 heavy (non-hydrogen) atoms. The number of halogens is 1. The van der Waals surface area contributed by atoms with Crippen LogP contribution in [0, 0.1) is 0 Å². The smallest absolute Gasteiger partial charge is 0.246 e. The molecule has 0 N–H and O–H groups in total. The monoisotopic (exact) mass is 361 g/mol. The van der Waals surface area contributed by atoms with Gasteiger partial charge in [-0.15, -0.1) is 0 Å². The van der Waals surface area contributed by atoms with Gasteiger partial charge in [0, 0.05) is 50.4 Å². The second kappa shape index (κ2) is 8.50. The number of amides is 2. The summed E-state index contributed by atoms with van der Waals surface area (Å²) in [7, 11) is 0. The van der Waals surface area contributed by atoms with Crippen molar-refractivity contribution in [2.24, 2.45) is 0 Å². The maximum Gasteiger partial charge on any atom is 0.246 e. The van der Waals surface area contributed by atoms with E-state index in [1.165, 1.54) is 0 Å². The number of likely N-dealkylation sites (tertiary alicyclic amines) is 1. The van der Waals surface area contributed by atoms with E-state index >= 15 is 0 Å². The van der Waals surface area contributed by atoms with Crippen molar-refractivity contribution in [3.63, 3.8) is 0 Å². The Morgan fingerprint density at radius 3 is 2.20 bits per heavy atom. The van der Waals surface area contributed by atoms with Gasteiger partial charge in [-0.3, -0.25) is 14.5 Å². The van der Waals surface area contributed by atoms with Crippen LogP contribution in [0.4, 0.5) is 0 Å². The number of hydrogen-bond donors (Lipinski definition) is 0. The Morgan fingerprint density at radius 2 is 1.56 bits per heavy atom. The number of carbonyl (C=O) groups excluding carboxylic acids is 2. The molecule has 0 aromatic heterocycles. The largest absolute Gasteiger partial charge is 0.342 e. The van der Waals surface area contributed by atoms with Crippen LogP contribution in [0.2, 0.25) is 5.02 Å². The third-order valence-corrected chi connectivity index (χ3v) is 5.04. The fourth-order valence-corrected chi connectivity index (χ4v) is 3.36. The molecule has 5 nitrogen and oxygen atoms in total. The lowest BCUT2D eigenvalue weighted by Gasteiger charge is -2.34. The summed E-state index contributed by atoms with van der Waals surface area (Å²) in [4.78, 5) is 30.4. The Bertz CT molecular complexity index is 631. The van der Waals surface area contributed by atoms with E-state index in [9.17, 15) is 9.59 Å². The van der Waals surface area contributed by atoms with Gasteiger partial charge >= 0.3 is 0 Å². The van der Waals surface area contributed by atoms with Crippen LogP contribution in [-0.2, 0) is 9.59 Å². The molecule has 3 rings (SSSR count). The van der Waals surface area contributed by atoms with Gasteiger partial charge in [0.1, 0.15) is 0 Å². The first kappa shape index (κ1) is 18.0. The van der Waals surface area contributed by atoms with Crippen LogP contribution in [0.1, 0.15) is 18.4 Å². The highest BCUT2D eigenvalue weighted by Crippen LogP contribution is 2.12. The molecule has 0 aliphatic carbocycles. The highest BCUT2D eigenvalue weighted by Gasteiger charge is 2.24. The van der Waals surface area contributed by atoms with Gasteiger partial charge in [-0.25, -0.2) is 0 Å². The van der Waals surface area contributed by atoms with E-state index in [0.717, 1.165) is 44.6 Å². The third-order valence-electron chi connectivity index (χ3n) is 4.79. The highest BCUT2D eigenvalue weighted by molar-refractivity contribution is 6.30. The van der Waals surface area contributed by atoms with Gasteiger partial charge in [-0.1, -0.05) is 23.7 Å². The first-order valence-electron chi connectivity index (χ1n) is 8.84. The molecule has 1 aromatic rings. The maximum atomic E-state index is 12.3. The maximum absolute atomic E-state index is 12.3. The predicted molar refractivity (Wildman–Crippen MR) is 99.3 cm³/mol. The normalized spacial score (nSPS) is 18.9. The molecule has 0 unspecified atom stereocenters. The molecule has 0 saturated carbocycles. The molecular formula is C19H24ClN3O2. The van der Waals surface area contributed by atoms with Gasteiger partial charge in [-0.05, 0) is 36.6 Å². The SMILES string of the molecule is O=C(C=Cc1ccc(Cl)cc1)N1CCN(CC(=O)N2CCCC2)CC1. The van der Waals surface area contributed by atoms with Gasteiger partial charge in [0.15, 0.2) is 0 Å². The average molecular weight is 362 g/mol. The number of hydrogen-bond acceptors (Lipinski definition) is 3. The topological polar surface area (TPSA) is 43.9 Å². The molecule has 2 aliphatic heterocycles. The summed E-state index contributed by atoms with van der Waals surface area (Å²) < 4.78 is 0. The van der Waals surface area contributed by atoms with Crippen LogP contribution >= 0.6 is 11.6 Å². The van der Waals surface area contributed by atoms with E-state index in [1.54, 1.807) is 6.08 Å². The lowest BCUT2D eigenvalue weighted by atomic mass is 10.2. The Hall–Kier alpha value is -1.85. The lowest BCUT2D eigenvalue weighted by molar-refractivity contribution is -0.132.